The van der Waals surface area contributed by atoms with E-state index in [1.165, 1.54) is 84.5 Å². The fraction of sp³-hybridized carbons (Fsp3) is 0. The third-order valence-corrected chi connectivity index (χ3v) is 13.1. The van der Waals surface area contributed by atoms with Gasteiger partial charge in [0.1, 0.15) is 0 Å². The van der Waals surface area contributed by atoms with Crippen molar-refractivity contribution in [3.8, 4) is 33.4 Å². The minimum absolute atomic E-state index is 1.11. The molecular weight excluding hydrogens is 703 g/mol. The predicted octanol–water partition coefficient (Wildman–Crippen LogP) is 16.0. The molecule has 0 aliphatic rings. The van der Waals surface area contributed by atoms with Crippen molar-refractivity contribution in [2.75, 3.05) is 4.90 Å². The molecule has 0 aliphatic heterocycles. The minimum atomic E-state index is 1.11. The van der Waals surface area contributed by atoms with Crippen molar-refractivity contribution in [3.05, 3.63) is 200 Å². The topological polar surface area (TPSA) is 3.24 Å². The highest BCUT2D eigenvalue weighted by molar-refractivity contribution is 7.26. The zero-order valence-electron chi connectivity index (χ0n) is 29.8. The van der Waals surface area contributed by atoms with Crippen LogP contribution in [-0.2, 0) is 0 Å². The zero-order valence-corrected chi connectivity index (χ0v) is 31.4. The van der Waals surface area contributed by atoms with E-state index < -0.39 is 0 Å². The van der Waals surface area contributed by atoms with Crippen molar-refractivity contribution in [1.82, 2.24) is 0 Å². The Labute approximate surface area is 327 Å². The Hall–Kier alpha value is -6.52. The maximum atomic E-state index is 2.40. The van der Waals surface area contributed by atoms with Gasteiger partial charge in [0.2, 0.25) is 0 Å². The first-order chi connectivity index (χ1) is 27.2. The summed E-state index contributed by atoms with van der Waals surface area (Å²) in [4.78, 5) is 2.40. The Morgan fingerprint density at radius 3 is 1.69 bits per heavy atom. The van der Waals surface area contributed by atoms with Crippen LogP contribution in [0.2, 0.25) is 0 Å². The highest BCUT2D eigenvalue weighted by Crippen LogP contribution is 2.44. The van der Waals surface area contributed by atoms with Gasteiger partial charge in [-0.15, -0.1) is 22.7 Å². The molecule has 0 amide bonds. The van der Waals surface area contributed by atoms with E-state index in [-0.39, 0.29) is 0 Å². The van der Waals surface area contributed by atoms with E-state index in [9.17, 15) is 0 Å². The lowest BCUT2D eigenvalue weighted by Crippen LogP contribution is -2.10. The third-order valence-electron chi connectivity index (χ3n) is 10.8. The van der Waals surface area contributed by atoms with Gasteiger partial charge in [0.15, 0.2) is 0 Å². The van der Waals surface area contributed by atoms with Crippen LogP contribution in [0.4, 0.5) is 17.1 Å². The summed E-state index contributed by atoms with van der Waals surface area (Å²) in [7, 11) is 0. The fourth-order valence-electron chi connectivity index (χ4n) is 8.18. The van der Waals surface area contributed by atoms with Crippen LogP contribution in [0.5, 0.6) is 0 Å². The molecule has 0 radical (unpaired) electrons. The predicted molar refractivity (Wildman–Crippen MR) is 241 cm³/mol. The summed E-state index contributed by atoms with van der Waals surface area (Å²) in [6.45, 7) is 0. The molecule has 11 aromatic rings. The molecule has 2 heterocycles. The lowest BCUT2D eigenvalue weighted by Gasteiger charge is -2.27. The summed E-state index contributed by atoms with van der Waals surface area (Å²) in [5, 5.41) is 7.77. The van der Waals surface area contributed by atoms with Gasteiger partial charge < -0.3 is 4.90 Å². The molecule has 0 saturated carbocycles. The first kappa shape index (κ1) is 32.0. The number of nitrogens with zero attached hydrogens (tertiary/aromatic N) is 1. The number of fused-ring (bicyclic) bond motifs is 7. The highest BCUT2D eigenvalue weighted by atomic mass is 32.1. The van der Waals surface area contributed by atoms with Crippen molar-refractivity contribution < 1.29 is 0 Å². The first-order valence-electron chi connectivity index (χ1n) is 18.7. The Morgan fingerprint density at radius 2 is 0.855 bits per heavy atom. The van der Waals surface area contributed by atoms with Crippen LogP contribution in [0.15, 0.2) is 200 Å². The smallest absolute Gasteiger partial charge is 0.0467 e. The van der Waals surface area contributed by atoms with Gasteiger partial charge in [0.05, 0.1) is 0 Å². The normalized spacial score (nSPS) is 11.6. The van der Waals surface area contributed by atoms with E-state index in [4.69, 9.17) is 0 Å². The van der Waals surface area contributed by atoms with Crippen molar-refractivity contribution >= 4 is 90.9 Å². The van der Waals surface area contributed by atoms with E-state index >= 15 is 0 Å². The summed E-state index contributed by atoms with van der Waals surface area (Å²) in [6, 6.07) is 73.5. The molecule has 0 fully saturated rings. The number of anilines is 3. The molecule has 55 heavy (non-hydrogen) atoms. The van der Waals surface area contributed by atoms with E-state index in [1.54, 1.807) is 0 Å². The van der Waals surface area contributed by atoms with E-state index in [0.717, 1.165) is 17.1 Å². The molecule has 0 spiro atoms. The molecule has 0 unspecified atom stereocenters. The Morgan fingerprint density at radius 1 is 0.291 bits per heavy atom. The SMILES string of the molecule is c1cc(-c2ccc3sc4ccccc4c3c2)cc(N(c2ccc(-c3ccc4ccccc4c3)cc2)c2cccc(-c3cccc4sc5ccccc5c34)c2)c1. The van der Waals surface area contributed by atoms with Crippen molar-refractivity contribution in [2.24, 2.45) is 0 Å². The van der Waals surface area contributed by atoms with Crippen LogP contribution >= 0.6 is 22.7 Å². The molecule has 0 atom stereocenters. The van der Waals surface area contributed by atoms with Crippen LogP contribution in [-0.4, -0.2) is 0 Å². The lowest BCUT2D eigenvalue weighted by molar-refractivity contribution is 1.28. The molecule has 9 aromatic carbocycles. The van der Waals surface area contributed by atoms with Crippen LogP contribution in [0, 0.1) is 0 Å². The van der Waals surface area contributed by atoms with Crippen molar-refractivity contribution in [1.29, 1.82) is 0 Å². The maximum absolute atomic E-state index is 2.40. The molecule has 0 aliphatic carbocycles. The quantitative estimate of drug-likeness (QED) is 0.164. The average molecular weight is 736 g/mol. The monoisotopic (exact) mass is 735 g/mol. The highest BCUT2D eigenvalue weighted by Gasteiger charge is 2.17. The fourth-order valence-corrected chi connectivity index (χ4v) is 10.4. The van der Waals surface area contributed by atoms with Gasteiger partial charge in [-0.2, -0.15) is 0 Å². The summed E-state index contributed by atoms with van der Waals surface area (Å²) in [5.41, 5.74) is 10.6. The van der Waals surface area contributed by atoms with Gasteiger partial charge in [0.25, 0.3) is 0 Å². The summed E-state index contributed by atoms with van der Waals surface area (Å²) < 4.78 is 5.28. The van der Waals surface area contributed by atoms with Crippen LogP contribution in [0.25, 0.3) is 84.5 Å². The number of rotatable bonds is 6. The molecule has 1 nitrogen and oxygen atoms in total. The molecule has 0 saturated heterocycles. The van der Waals surface area contributed by atoms with Crippen LogP contribution < -0.4 is 4.90 Å². The van der Waals surface area contributed by atoms with Gasteiger partial charge in [-0.05, 0) is 117 Å². The van der Waals surface area contributed by atoms with E-state index in [0.29, 0.717) is 0 Å². The number of hydrogen-bond acceptors (Lipinski definition) is 3. The standard InChI is InChI=1S/C52H33NS2/c1-2-11-36-30-38(23-22-34(36)10-1)35-24-27-41(28-25-35)53(42-14-7-12-37(31-42)39-26-29-50-47(33-39)45-16-3-5-19-48(45)54-50)43-15-8-13-40(32-43)44-18-9-21-51-52(44)46-17-4-6-20-49(46)55-51/h1-33H. The van der Waals surface area contributed by atoms with E-state index in [1.807, 2.05) is 22.7 Å². The molecule has 0 bridgehead atoms. The summed E-state index contributed by atoms with van der Waals surface area (Å²) in [6.07, 6.45) is 0. The Bertz CT molecular complexity index is 3220. The number of hydrogen-bond donors (Lipinski definition) is 0. The second-order valence-electron chi connectivity index (χ2n) is 14.1. The van der Waals surface area contributed by atoms with Gasteiger partial charge in [-0.1, -0.05) is 127 Å². The molecule has 0 N–H and O–H groups in total. The second-order valence-corrected chi connectivity index (χ2v) is 16.3. The van der Waals surface area contributed by atoms with Gasteiger partial charge in [-0.25, -0.2) is 0 Å². The molecule has 3 heteroatoms. The number of benzene rings is 9. The van der Waals surface area contributed by atoms with Crippen molar-refractivity contribution in [2.45, 2.75) is 0 Å². The number of thiophene rings is 2. The largest absolute Gasteiger partial charge is 0.310 e. The Kier molecular flexibility index (Phi) is 7.61. The van der Waals surface area contributed by atoms with Crippen molar-refractivity contribution in [3.63, 3.8) is 0 Å². The first-order valence-corrected chi connectivity index (χ1v) is 20.3. The molecular formula is C52H33NS2. The lowest BCUT2D eigenvalue weighted by atomic mass is 9.98. The van der Waals surface area contributed by atoms with Crippen LogP contribution in [0.3, 0.4) is 0 Å². The summed E-state index contributed by atoms with van der Waals surface area (Å²) >= 11 is 3.73. The van der Waals surface area contributed by atoms with Gasteiger partial charge in [0, 0.05) is 57.4 Å². The van der Waals surface area contributed by atoms with E-state index in [2.05, 4.69) is 205 Å². The zero-order chi connectivity index (χ0) is 36.3. The summed E-state index contributed by atoms with van der Waals surface area (Å²) in [5.74, 6) is 0. The Balaban J connectivity index is 1.05. The average Bonchev–Trinajstić information content (AvgIpc) is 3.82. The van der Waals surface area contributed by atoms with Gasteiger partial charge in [-0.3, -0.25) is 0 Å². The molecule has 258 valence electrons. The van der Waals surface area contributed by atoms with Crippen LogP contribution in [0.1, 0.15) is 0 Å². The maximum Gasteiger partial charge on any atom is 0.0467 e. The second kappa shape index (κ2) is 13.1. The minimum Gasteiger partial charge on any atom is -0.310 e. The third kappa shape index (κ3) is 5.60. The molecule has 2 aromatic heterocycles. The molecule has 11 rings (SSSR count). The van der Waals surface area contributed by atoms with Gasteiger partial charge >= 0.3 is 0 Å².